The Hall–Kier alpha value is -1.31. The normalized spacial score (nSPS) is 16.7. The van der Waals surface area contributed by atoms with Gasteiger partial charge < -0.3 is 14.2 Å². The molecule has 118 valence electrons. The summed E-state index contributed by atoms with van der Waals surface area (Å²) in [6, 6.07) is 4.65. The number of benzene rings is 1. The molecule has 0 unspecified atom stereocenters. The molecule has 21 heavy (non-hydrogen) atoms. The summed E-state index contributed by atoms with van der Waals surface area (Å²) < 4.78 is 42.9. The highest BCUT2D eigenvalue weighted by molar-refractivity contribution is 7.89. The van der Waals surface area contributed by atoms with Crippen LogP contribution in [0.1, 0.15) is 12.8 Å². The molecule has 7 heteroatoms. The highest BCUT2D eigenvalue weighted by Crippen LogP contribution is 2.28. The van der Waals surface area contributed by atoms with E-state index in [1.54, 1.807) is 12.1 Å². The van der Waals surface area contributed by atoms with E-state index in [0.717, 1.165) is 12.8 Å². The Morgan fingerprint density at radius 1 is 1.24 bits per heavy atom. The molecule has 0 bridgehead atoms. The molecule has 0 radical (unpaired) electrons. The van der Waals surface area contributed by atoms with Crippen LogP contribution in [0, 0.1) is 5.92 Å². The van der Waals surface area contributed by atoms with Gasteiger partial charge in [-0.15, -0.1) is 0 Å². The van der Waals surface area contributed by atoms with Crippen molar-refractivity contribution in [3.8, 4) is 11.5 Å². The lowest BCUT2D eigenvalue weighted by Crippen LogP contribution is -2.32. The van der Waals surface area contributed by atoms with Crippen molar-refractivity contribution >= 4 is 10.0 Å². The summed E-state index contributed by atoms with van der Waals surface area (Å²) in [6.45, 7) is 1.80. The molecule has 1 saturated heterocycles. The molecule has 0 aliphatic carbocycles. The zero-order valence-electron chi connectivity index (χ0n) is 12.3. The summed E-state index contributed by atoms with van der Waals surface area (Å²) in [5.74, 6) is 1.14. The fourth-order valence-corrected chi connectivity index (χ4v) is 3.52. The first kappa shape index (κ1) is 16.1. The zero-order chi connectivity index (χ0) is 15.3. The minimum atomic E-state index is -3.60. The largest absolute Gasteiger partial charge is 0.497 e. The van der Waals surface area contributed by atoms with E-state index in [-0.39, 0.29) is 10.6 Å². The van der Waals surface area contributed by atoms with E-state index >= 15 is 0 Å². The molecule has 1 aromatic carbocycles. The second-order valence-electron chi connectivity index (χ2n) is 4.92. The maximum absolute atomic E-state index is 12.4. The first-order valence-electron chi connectivity index (χ1n) is 6.86. The van der Waals surface area contributed by atoms with Crippen LogP contribution in [-0.2, 0) is 14.8 Å². The van der Waals surface area contributed by atoms with Crippen LogP contribution < -0.4 is 14.2 Å². The van der Waals surface area contributed by atoms with Crippen molar-refractivity contribution in [2.24, 2.45) is 5.92 Å². The van der Waals surface area contributed by atoms with Gasteiger partial charge in [0, 0.05) is 25.8 Å². The molecule has 0 amide bonds. The third kappa shape index (κ3) is 4.09. The van der Waals surface area contributed by atoms with E-state index in [0.29, 0.717) is 31.4 Å². The van der Waals surface area contributed by atoms with Crippen LogP contribution in [-0.4, -0.2) is 42.4 Å². The van der Waals surface area contributed by atoms with Crippen molar-refractivity contribution in [2.75, 3.05) is 34.0 Å². The van der Waals surface area contributed by atoms with Crippen LogP contribution in [0.15, 0.2) is 23.1 Å². The summed E-state index contributed by atoms with van der Waals surface area (Å²) in [6.07, 6.45) is 1.75. The summed E-state index contributed by atoms with van der Waals surface area (Å²) in [5.41, 5.74) is 0. The van der Waals surface area contributed by atoms with Gasteiger partial charge in [-0.1, -0.05) is 0 Å². The molecule has 1 aliphatic heterocycles. The lowest BCUT2D eigenvalue weighted by molar-refractivity contribution is 0.0678. The molecule has 0 spiro atoms. The topological polar surface area (TPSA) is 73.9 Å². The SMILES string of the molecule is COc1ccc(S(=O)(=O)NCC2CCOCC2)c(OC)c1. The zero-order valence-corrected chi connectivity index (χ0v) is 13.1. The molecule has 1 aliphatic rings. The van der Waals surface area contributed by atoms with Crippen LogP contribution in [0.25, 0.3) is 0 Å². The van der Waals surface area contributed by atoms with Gasteiger partial charge in [0.25, 0.3) is 0 Å². The summed E-state index contributed by atoms with van der Waals surface area (Å²) in [5, 5.41) is 0. The Balaban J connectivity index is 2.11. The molecule has 6 nitrogen and oxygen atoms in total. The quantitative estimate of drug-likeness (QED) is 0.859. The van der Waals surface area contributed by atoms with Crippen LogP contribution in [0.2, 0.25) is 0 Å². The molecule has 1 N–H and O–H groups in total. The van der Waals surface area contributed by atoms with E-state index < -0.39 is 10.0 Å². The first-order valence-corrected chi connectivity index (χ1v) is 8.34. The predicted molar refractivity (Wildman–Crippen MR) is 78.3 cm³/mol. The van der Waals surface area contributed by atoms with Crippen LogP contribution in [0.3, 0.4) is 0 Å². The lowest BCUT2D eigenvalue weighted by Gasteiger charge is -2.22. The van der Waals surface area contributed by atoms with Crippen LogP contribution in [0.5, 0.6) is 11.5 Å². The smallest absolute Gasteiger partial charge is 0.244 e. The minimum absolute atomic E-state index is 0.123. The van der Waals surface area contributed by atoms with Crippen molar-refractivity contribution < 1.29 is 22.6 Å². The van der Waals surface area contributed by atoms with Gasteiger partial charge in [-0.2, -0.15) is 0 Å². The lowest BCUT2D eigenvalue weighted by atomic mass is 10.0. The van der Waals surface area contributed by atoms with Gasteiger partial charge in [0.2, 0.25) is 10.0 Å². The Kier molecular flexibility index (Phi) is 5.44. The molecule has 2 rings (SSSR count). The van der Waals surface area contributed by atoms with E-state index in [4.69, 9.17) is 14.2 Å². The highest BCUT2D eigenvalue weighted by Gasteiger charge is 2.22. The second kappa shape index (κ2) is 7.11. The monoisotopic (exact) mass is 315 g/mol. The Labute approximate surface area is 125 Å². The Morgan fingerprint density at radius 3 is 2.57 bits per heavy atom. The van der Waals surface area contributed by atoms with Gasteiger partial charge in [0.05, 0.1) is 14.2 Å². The van der Waals surface area contributed by atoms with Gasteiger partial charge in [0.15, 0.2) is 0 Å². The second-order valence-corrected chi connectivity index (χ2v) is 6.66. The molecule has 1 aromatic rings. The standard InChI is InChI=1S/C14H21NO5S/c1-18-12-3-4-14(13(9-12)19-2)21(16,17)15-10-11-5-7-20-8-6-11/h3-4,9,11,15H,5-8,10H2,1-2H3. The van der Waals surface area contributed by atoms with E-state index in [9.17, 15) is 8.42 Å². The minimum Gasteiger partial charge on any atom is -0.497 e. The molecule has 1 fully saturated rings. The number of methoxy groups -OCH3 is 2. The fraction of sp³-hybridized carbons (Fsp3) is 0.571. The average Bonchev–Trinajstić information content (AvgIpc) is 2.53. The van der Waals surface area contributed by atoms with Crippen molar-refractivity contribution in [1.82, 2.24) is 4.72 Å². The number of nitrogens with one attached hydrogen (secondary N) is 1. The number of ether oxygens (including phenoxy) is 3. The van der Waals surface area contributed by atoms with Gasteiger partial charge in [-0.25, -0.2) is 13.1 Å². The van der Waals surface area contributed by atoms with Gasteiger partial charge in [-0.05, 0) is 30.9 Å². The number of hydrogen-bond donors (Lipinski definition) is 1. The Morgan fingerprint density at radius 2 is 1.95 bits per heavy atom. The van der Waals surface area contributed by atoms with E-state index in [2.05, 4.69) is 4.72 Å². The molecule has 0 aromatic heterocycles. The van der Waals surface area contributed by atoms with E-state index in [1.165, 1.54) is 20.3 Å². The van der Waals surface area contributed by atoms with Gasteiger partial charge >= 0.3 is 0 Å². The van der Waals surface area contributed by atoms with Crippen LogP contribution >= 0.6 is 0 Å². The molecule has 0 saturated carbocycles. The van der Waals surface area contributed by atoms with Gasteiger partial charge in [-0.3, -0.25) is 0 Å². The Bertz CT molecular complexity index is 567. The van der Waals surface area contributed by atoms with Gasteiger partial charge in [0.1, 0.15) is 16.4 Å². The summed E-state index contributed by atoms with van der Waals surface area (Å²) in [7, 11) is -0.642. The fourth-order valence-electron chi connectivity index (χ4n) is 2.25. The predicted octanol–water partition coefficient (Wildman–Crippen LogP) is 1.41. The molecule has 1 heterocycles. The first-order chi connectivity index (χ1) is 10.1. The highest BCUT2D eigenvalue weighted by atomic mass is 32.2. The molecule has 0 atom stereocenters. The average molecular weight is 315 g/mol. The number of rotatable bonds is 6. The van der Waals surface area contributed by atoms with Crippen molar-refractivity contribution in [2.45, 2.75) is 17.7 Å². The summed E-state index contributed by atoms with van der Waals surface area (Å²) in [4.78, 5) is 0.123. The van der Waals surface area contributed by atoms with Crippen molar-refractivity contribution in [3.63, 3.8) is 0 Å². The van der Waals surface area contributed by atoms with E-state index in [1.807, 2.05) is 0 Å². The number of sulfonamides is 1. The van der Waals surface area contributed by atoms with Crippen molar-refractivity contribution in [1.29, 1.82) is 0 Å². The third-order valence-electron chi connectivity index (χ3n) is 3.56. The van der Waals surface area contributed by atoms with Crippen LogP contribution in [0.4, 0.5) is 0 Å². The molecular weight excluding hydrogens is 294 g/mol. The molecular formula is C14H21NO5S. The third-order valence-corrected chi connectivity index (χ3v) is 5.03. The number of hydrogen-bond acceptors (Lipinski definition) is 5. The maximum atomic E-state index is 12.4. The van der Waals surface area contributed by atoms with Crippen molar-refractivity contribution in [3.05, 3.63) is 18.2 Å². The summed E-state index contributed by atoms with van der Waals surface area (Å²) >= 11 is 0. The maximum Gasteiger partial charge on any atom is 0.244 e.